The molecule has 1 unspecified atom stereocenters. The molecule has 0 saturated carbocycles. The van der Waals surface area contributed by atoms with E-state index in [0.717, 1.165) is 5.57 Å². The summed E-state index contributed by atoms with van der Waals surface area (Å²) in [6.45, 7) is 13.2. The Hall–Kier alpha value is -1.00. The van der Waals surface area contributed by atoms with Crippen LogP contribution in [0.25, 0.3) is 0 Å². The lowest BCUT2D eigenvalue weighted by Crippen LogP contribution is -2.16. The van der Waals surface area contributed by atoms with Crippen LogP contribution in [-0.4, -0.2) is 11.2 Å². The molecule has 0 bridgehead atoms. The molecule has 0 rings (SSSR count). The van der Waals surface area contributed by atoms with Crippen LogP contribution in [0.2, 0.25) is 0 Å². The number of hydrogen-bond donors (Lipinski definition) is 1. The van der Waals surface area contributed by atoms with Gasteiger partial charge in [0.15, 0.2) is 0 Å². The molecule has 0 saturated heterocycles. The topological polar surface area (TPSA) is 20.2 Å². The van der Waals surface area contributed by atoms with Crippen molar-refractivity contribution in [3.8, 4) is 11.8 Å². The van der Waals surface area contributed by atoms with Gasteiger partial charge in [0.1, 0.15) is 6.10 Å². The number of rotatable bonds is 3. The van der Waals surface area contributed by atoms with Crippen molar-refractivity contribution in [3.05, 3.63) is 24.8 Å². The average Bonchev–Trinajstić information content (AvgIpc) is 2.00. The maximum Gasteiger partial charge on any atom is 0.115 e. The van der Waals surface area contributed by atoms with Crippen LogP contribution < -0.4 is 0 Å². The smallest absolute Gasteiger partial charge is 0.115 e. The summed E-state index contributed by atoms with van der Waals surface area (Å²) in [6.07, 6.45) is 1.85. The molecule has 0 aromatic carbocycles. The normalized spacial score (nSPS) is 12.6. The van der Waals surface area contributed by atoms with E-state index in [-0.39, 0.29) is 5.41 Å². The van der Waals surface area contributed by atoms with Crippen molar-refractivity contribution >= 4 is 0 Å². The van der Waals surface area contributed by atoms with Crippen molar-refractivity contribution in [1.82, 2.24) is 0 Å². The van der Waals surface area contributed by atoms with Crippen molar-refractivity contribution in [2.24, 2.45) is 5.41 Å². The zero-order chi connectivity index (χ0) is 10.5. The highest BCUT2D eigenvalue weighted by Crippen LogP contribution is 2.22. The van der Waals surface area contributed by atoms with Crippen LogP contribution in [0.3, 0.4) is 0 Å². The molecule has 0 aliphatic carbocycles. The molecule has 0 aliphatic rings. The van der Waals surface area contributed by atoms with Crippen LogP contribution in [0.5, 0.6) is 0 Å². The fraction of sp³-hybridized carbons (Fsp3) is 0.500. The summed E-state index contributed by atoms with van der Waals surface area (Å²) in [4.78, 5) is 0. The van der Waals surface area contributed by atoms with Gasteiger partial charge in [-0.05, 0) is 24.3 Å². The summed E-state index contributed by atoms with van der Waals surface area (Å²) in [6, 6.07) is 0. The number of hydrogen-bond acceptors (Lipinski definition) is 1. The van der Waals surface area contributed by atoms with E-state index in [1.807, 2.05) is 26.8 Å². The Morgan fingerprint density at radius 1 is 1.62 bits per heavy atom. The van der Waals surface area contributed by atoms with E-state index in [9.17, 15) is 5.11 Å². The summed E-state index contributed by atoms with van der Waals surface area (Å²) < 4.78 is 0. The number of allylic oxidation sites excluding steroid dienone is 2. The Balaban J connectivity index is 4.18. The minimum atomic E-state index is -0.593. The molecule has 1 N–H and O–H groups in total. The van der Waals surface area contributed by atoms with Crippen molar-refractivity contribution in [2.75, 3.05) is 0 Å². The second-order valence-electron chi connectivity index (χ2n) is 3.96. The lowest BCUT2D eigenvalue weighted by atomic mass is 9.87. The Bertz CT molecular complexity index is 250. The van der Waals surface area contributed by atoms with Crippen molar-refractivity contribution < 1.29 is 5.11 Å². The molecule has 1 heteroatoms. The second kappa shape index (κ2) is 4.89. The minimum Gasteiger partial charge on any atom is -0.380 e. The Morgan fingerprint density at radius 2 is 2.15 bits per heavy atom. The van der Waals surface area contributed by atoms with Gasteiger partial charge < -0.3 is 5.11 Å². The van der Waals surface area contributed by atoms with Gasteiger partial charge in [0.25, 0.3) is 0 Å². The van der Waals surface area contributed by atoms with Crippen LogP contribution in [-0.2, 0) is 0 Å². The lowest BCUT2D eigenvalue weighted by molar-refractivity contribution is 0.182. The summed E-state index contributed by atoms with van der Waals surface area (Å²) in [5.74, 6) is 5.49. The molecule has 0 aromatic rings. The first kappa shape index (κ1) is 12.0. The van der Waals surface area contributed by atoms with Crippen LogP contribution >= 0.6 is 0 Å². The van der Waals surface area contributed by atoms with Crippen LogP contribution in [0.4, 0.5) is 0 Å². The zero-order valence-electron chi connectivity index (χ0n) is 8.72. The summed E-state index contributed by atoms with van der Waals surface area (Å²) in [5, 5.41) is 9.50. The molecule has 0 spiro atoms. The summed E-state index contributed by atoms with van der Waals surface area (Å²) >= 11 is 0. The molecule has 0 fully saturated rings. The van der Waals surface area contributed by atoms with Crippen LogP contribution in [0.15, 0.2) is 24.8 Å². The van der Waals surface area contributed by atoms with E-state index in [2.05, 4.69) is 25.0 Å². The minimum absolute atomic E-state index is 0.0663. The van der Waals surface area contributed by atoms with Gasteiger partial charge in [-0.15, -0.1) is 6.58 Å². The summed E-state index contributed by atoms with van der Waals surface area (Å²) in [5.41, 5.74) is 0.707. The fourth-order valence-corrected chi connectivity index (χ4v) is 0.839. The van der Waals surface area contributed by atoms with E-state index < -0.39 is 6.10 Å². The molecule has 0 radical (unpaired) electrons. The lowest BCUT2D eigenvalue weighted by Gasteiger charge is -2.20. The first-order valence-corrected chi connectivity index (χ1v) is 4.36. The predicted octanol–water partition coefficient (Wildman–Crippen LogP) is 2.53. The largest absolute Gasteiger partial charge is 0.380 e. The first-order valence-electron chi connectivity index (χ1n) is 4.36. The quantitative estimate of drug-likeness (QED) is 0.520. The zero-order valence-corrected chi connectivity index (χ0v) is 8.72. The molecule has 0 heterocycles. The maximum atomic E-state index is 9.50. The SMILES string of the molecule is C=CC(C)(C)CC(O)C#CC(=C)C. The van der Waals surface area contributed by atoms with E-state index in [1.54, 1.807) is 0 Å². The van der Waals surface area contributed by atoms with Gasteiger partial charge in [0.2, 0.25) is 0 Å². The molecule has 0 amide bonds. The van der Waals surface area contributed by atoms with Gasteiger partial charge in [-0.3, -0.25) is 0 Å². The first-order chi connectivity index (χ1) is 5.87. The average molecular weight is 178 g/mol. The number of aliphatic hydroxyl groups is 1. The van der Waals surface area contributed by atoms with Crippen LogP contribution in [0, 0.1) is 17.3 Å². The molecule has 72 valence electrons. The maximum absolute atomic E-state index is 9.50. The Morgan fingerprint density at radius 3 is 2.54 bits per heavy atom. The Kier molecular flexibility index (Phi) is 4.51. The third kappa shape index (κ3) is 6.19. The van der Waals surface area contributed by atoms with Crippen molar-refractivity contribution in [3.63, 3.8) is 0 Å². The monoisotopic (exact) mass is 178 g/mol. The molecule has 0 aromatic heterocycles. The van der Waals surface area contributed by atoms with E-state index in [1.165, 1.54) is 0 Å². The van der Waals surface area contributed by atoms with Crippen molar-refractivity contribution in [2.45, 2.75) is 33.3 Å². The van der Waals surface area contributed by atoms with Crippen molar-refractivity contribution in [1.29, 1.82) is 0 Å². The van der Waals surface area contributed by atoms with E-state index >= 15 is 0 Å². The Labute approximate surface area is 81.2 Å². The van der Waals surface area contributed by atoms with Crippen LogP contribution in [0.1, 0.15) is 27.2 Å². The molecular formula is C12H18O. The third-order valence-corrected chi connectivity index (χ3v) is 1.72. The van der Waals surface area contributed by atoms with Gasteiger partial charge in [-0.25, -0.2) is 0 Å². The standard InChI is InChI=1S/C12H18O/c1-6-12(4,5)9-11(13)8-7-10(2)3/h6,11,13H,1-2,9H2,3-5H3. The highest BCUT2D eigenvalue weighted by Gasteiger charge is 2.16. The highest BCUT2D eigenvalue weighted by atomic mass is 16.3. The highest BCUT2D eigenvalue weighted by molar-refractivity contribution is 5.24. The number of aliphatic hydroxyl groups excluding tert-OH is 1. The molecule has 0 aliphatic heterocycles. The predicted molar refractivity (Wildman–Crippen MR) is 57.2 cm³/mol. The summed E-state index contributed by atoms with van der Waals surface area (Å²) in [7, 11) is 0. The molecule has 13 heavy (non-hydrogen) atoms. The molecule has 1 atom stereocenters. The third-order valence-electron chi connectivity index (χ3n) is 1.72. The van der Waals surface area contributed by atoms with Gasteiger partial charge in [-0.1, -0.05) is 38.3 Å². The molecule has 1 nitrogen and oxygen atoms in total. The second-order valence-corrected chi connectivity index (χ2v) is 3.96. The molecular weight excluding hydrogens is 160 g/mol. The van der Waals surface area contributed by atoms with E-state index in [4.69, 9.17) is 0 Å². The van der Waals surface area contributed by atoms with Gasteiger partial charge in [0, 0.05) is 0 Å². The fourth-order valence-electron chi connectivity index (χ4n) is 0.839. The van der Waals surface area contributed by atoms with Gasteiger partial charge >= 0.3 is 0 Å². The van der Waals surface area contributed by atoms with Gasteiger partial charge in [0.05, 0.1) is 0 Å². The van der Waals surface area contributed by atoms with Gasteiger partial charge in [-0.2, -0.15) is 0 Å². The van der Waals surface area contributed by atoms with E-state index in [0.29, 0.717) is 6.42 Å².